The topological polar surface area (TPSA) is 110 Å². The molecule has 0 heterocycles. The summed E-state index contributed by atoms with van der Waals surface area (Å²) in [7, 11) is 1.43. The number of benzene rings is 2. The van der Waals surface area contributed by atoms with E-state index in [1.54, 1.807) is 31.2 Å². The monoisotopic (exact) mass is 362 g/mol. The second-order valence-corrected chi connectivity index (χ2v) is 6.34. The van der Waals surface area contributed by atoms with E-state index in [0.717, 1.165) is 5.56 Å². The Kier molecular flexibility index (Phi) is 6.85. The fraction of sp³-hybridized carbons (Fsp3) is 0.400. The molecular formula is C20H26O6. The summed E-state index contributed by atoms with van der Waals surface area (Å²) >= 11 is 0. The van der Waals surface area contributed by atoms with Crippen molar-refractivity contribution in [3.63, 3.8) is 0 Å². The zero-order valence-corrected chi connectivity index (χ0v) is 15.0. The van der Waals surface area contributed by atoms with Gasteiger partial charge in [-0.25, -0.2) is 0 Å². The number of phenolic OH excluding ortho intramolecular Hbond substituents is 2. The minimum absolute atomic E-state index is 0.0391. The molecule has 6 nitrogen and oxygen atoms in total. The number of aryl methyl sites for hydroxylation is 2. The Morgan fingerprint density at radius 2 is 1.81 bits per heavy atom. The Morgan fingerprint density at radius 1 is 1.08 bits per heavy atom. The first-order valence-electron chi connectivity index (χ1n) is 8.52. The number of rotatable bonds is 8. The van der Waals surface area contributed by atoms with Gasteiger partial charge in [0.1, 0.15) is 5.75 Å². The van der Waals surface area contributed by atoms with E-state index in [-0.39, 0.29) is 30.5 Å². The van der Waals surface area contributed by atoms with E-state index >= 15 is 0 Å². The van der Waals surface area contributed by atoms with Gasteiger partial charge in [-0.05, 0) is 54.7 Å². The normalized spacial score (nSPS) is 13.4. The summed E-state index contributed by atoms with van der Waals surface area (Å²) in [6.07, 6.45) is 0.0480. The maximum atomic E-state index is 10.8. The van der Waals surface area contributed by atoms with Crippen LogP contribution in [0.5, 0.6) is 17.2 Å². The average molecular weight is 362 g/mol. The Bertz CT molecular complexity index is 743. The summed E-state index contributed by atoms with van der Waals surface area (Å²) in [6, 6.07) is 8.11. The fourth-order valence-electron chi connectivity index (χ4n) is 3.02. The first kappa shape index (κ1) is 20.0. The molecule has 0 aliphatic heterocycles. The highest BCUT2D eigenvalue weighted by molar-refractivity contribution is 5.51. The highest BCUT2D eigenvalue weighted by Gasteiger charge is 2.27. The molecule has 2 atom stereocenters. The lowest BCUT2D eigenvalue weighted by molar-refractivity contribution is 0.105. The van der Waals surface area contributed by atoms with Crippen LogP contribution in [-0.2, 0) is 6.42 Å². The van der Waals surface area contributed by atoms with Crippen LogP contribution in [0, 0.1) is 6.92 Å². The lowest BCUT2D eigenvalue weighted by atomic mass is 9.87. The lowest BCUT2D eigenvalue weighted by Gasteiger charge is -2.24. The summed E-state index contributed by atoms with van der Waals surface area (Å²) in [6.45, 7) is 1.37. The van der Waals surface area contributed by atoms with Gasteiger partial charge in [0.2, 0.25) is 0 Å². The number of phenols is 2. The van der Waals surface area contributed by atoms with Gasteiger partial charge in [0.05, 0.1) is 19.8 Å². The fourth-order valence-corrected chi connectivity index (χ4v) is 3.02. The number of ether oxygens (including phenoxy) is 1. The highest BCUT2D eigenvalue weighted by atomic mass is 16.5. The zero-order chi connectivity index (χ0) is 19.3. The molecule has 0 aliphatic carbocycles. The Labute approximate surface area is 152 Å². The summed E-state index contributed by atoms with van der Waals surface area (Å²) in [5, 5.41) is 49.9. The van der Waals surface area contributed by atoms with Crippen LogP contribution >= 0.6 is 0 Å². The molecule has 0 saturated heterocycles. The maximum absolute atomic E-state index is 10.8. The van der Waals surface area contributed by atoms with Crippen molar-refractivity contribution in [3.8, 4) is 17.2 Å². The third-order valence-corrected chi connectivity index (χ3v) is 4.55. The standard InChI is InChI=1S/C20H26O6/c1-12-8-14(5-6-17(12)23)19(24)16(11-22)15-9-13(4-3-7-21)10-18(26-2)20(15)25/h5-6,8-10,16,19,21-25H,3-4,7,11H2,1-2H3. The Hall–Kier alpha value is -2.28. The minimum atomic E-state index is -1.08. The van der Waals surface area contributed by atoms with Crippen LogP contribution in [0.25, 0.3) is 0 Å². The van der Waals surface area contributed by atoms with Gasteiger partial charge >= 0.3 is 0 Å². The van der Waals surface area contributed by atoms with Gasteiger partial charge in [-0.15, -0.1) is 0 Å². The quantitative estimate of drug-likeness (QED) is 0.492. The maximum Gasteiger partial charge on any atom is 0.161 e. The van der Waals surface area contributed by atoms with Crippen LogP contribution in [0.15, 0.2) is 30.3 Å². The van der Waals surface area contributed by atoms with Crippen molar-refractivity contribution < 1.29 is 30.3 Å². The van der Waals surface area contributed by atoms with E-state index in [1.807, 2.05) is 0 Å². The van der Waals surface area contributed by atoms with Crippen LogP contribution in [0.4, 0.5) is 0 Å². The molecular weight excluding hydrogens is 336 g/mol. The van der Waals surface area contributed by atoms with E-state index in [4.69, 9.17) is 9.84 Å². The molecule has 0 aliphatic rings. The smallest absolute Gasteiger partial charge is 0.161 e. The molecule has 0 saturated carbocycles. The van der Waals surface area contributed by atoms with Gasteiger partial charge in [-0.1, -0.05) is 12.1 Å². The molecule has 0 amide bonds. The third kappa shape index (κ3) is 4.27. The molecule has 26 heavy (non-hydrogen) atoms. The van der Waals surface area contributed by atoms with Gasteiger partial charge in [0.15, 0.2) is 11.5 Å². The zero-order valence-electron chi connectivity index (χ0n) is 15.0. The third-order valence-electron chi connectivity index (χ3n) is 4.55. The van der Waals surface area contributed by atoms with Crippen molar-refractivity contribution in [1.82, 2.24) is 0 Å². The average Bonchev–Trinajstić information content (AvgIpc) is 2.64. The molecule has 0 fully saturated rings. The van der Waals surface area contributed by atoms with Crippen molar-refractivity contribution in [2.45, 2.75) is 31.8 Å². The molecule has 0 aromatic heterocycles. The molecule has 5 N–H and O–H groups in total. The molecule has 2 aromatic carbocycles. The second-order valence-electron chi connectivity index (χ2n) is 6.34. The van der Waals surface area contributed by atoms with E-state index in [2.05, 4.69) is 0 Å². The molecule has 0 bridgehead atoms. The highest BCUT2D eigenvalue weighted by Crippen LogP contribution is 2.41. The molecule has 6 heteroatoms. The minimum Gasteiger partial charge on any atom is -0.508 e. The van der Waals surface area contributed by atoms with Gasteiger partial charge in [-0.2, -0.15) is 0 Å². The van der Waals surface area contributed by atoms with Crippen LogP contribution in [0.2, 0.25) is 0 Å². The molecule has 2 rings (SSSR count). The SMILES string of the molecule is COc1cc(CCCO)cc(C(CO)C(O)c2ccc(O)c(C)c2)c1O. The Balaban J connectivity index is 2.45. The van der Waals surface area contributed by atoms with E-state index < -0.39 is 12.0 Å². The molecule has 2 aromatic rings. The number of hydrogen-bond donors (Lipinski definition) is 5. The number of methoxy groups -OCH3 is 1. The lowest BCUT2D eigenvalue weighted by Crippen LogP contribution is -2.16. The van der Waals surface area contributed by atoms with Crippen LogP contribution in [0.3, 0.4) is 0 Å². The first-order valence-corrected chi connectivity index (χ1v) is 8.52. The Morgan fingerprint density at radius 3 is 2.38 bits per heavy atom. The van der Waals surface area contributed by atoms with E-state index in [1.165, 1.54) is 13.2 Å². The molecule has 0 radical (unpaired) electrons. The molecule has 142 valence electrons. The van der Waals surface area contributed by atoms with Crippen LogP contribution < -0.4 is 4.74 Å². The van der Waals surface area contributed by atoms with Gasteiger partial charge in [-0.3, -0.25) is 0 Å². The predicted octanol–water partition coefficient (Wildman–Crippen LogP) is 2.15. The number of aliphatic hydroxyl groups excluding tert-OH is 3. The second kappa shape index (κ2) is 8.89. The van der Waals surface area contributed by atoms with Crippen molar-refractivity contribution in [1.29, 1.82) is 0 Å². The van der Waals surface area contributed by atoms with Gasteiger partial charge in [0.25, 0.3) is 0 Å². The summed E-state index contributed by atoms with van der Waals surface area (Å²) < 4.78 is 5.21. The number of aliphatic hydroxyl groups is 3. The molecule has 2 unspecified atom stereocenters. The number of hydrogen-bond acceptors (Lipinski definition) is 6. The van der Waals surface area contributed by atoms with Gasteiger partial charge in [0, 0.05) is 18.1 Å². The predicted molar refractivity (Wildman–Crippen MR) is 97.7 cm³/mol. The van der Waals surface area contributed by atoms with Crippen molar-refractivity contribution in [3.05, 3.63) is 52.6 Å². The van der Waals surface area contributed by atoms with Gasteiger partial charge < -0.3 is 30.3 Å². The summed E-state index contributed by atoms with van der Waals surface area (Å²) in [4.78, 5) is 0. The largest absolute Gasteiger partial charge is 0.508 e. The molecule has 0 spiro atoms. The van der Waals surface area contributed by atoms with Crippen molar-refractivity contribution >= 4 is 0 Å². The summed E-state index contributed by atoms with van der Waals surface area (Å²) in [5.41, 5.74) is 2.34. The van der Waals surface area contributed by atoms with Crippen LogP contribution in [-0.4, -0.2) is 45.9 Å². The van der Waals surface area contributed by atoms with Crippen LogP contribution in [0.1, 0.15) is 40.7 Å². The first-order chi connectivity index (χ1) is 12.4. The van der Waals surface area contributed by atoms with Crippen molar-refractivity contribution in [2.75, 3.05) is 20.3 Å². The van der Waals surface area contributed by atoms with E-state index in [9.17, 15) is 20.4 Å². The summed E-state index contributed by atoms with van der Waals surface area (Å²) in [5.74, 6) is -0.532. The number of aromatic hydroxyl groups is 2. The van der Waals surface area contributed by atoms with E-state index in [0.29, 0.717) is 29.5 Å². The van der Waals surface area contributed by atoms with Crippen molar-refractivity contribution in [2.24, 2.45) is 0 Å².